The molecule has 1 aliphatic carbocycles. The van der Waals surface area contributed by atoms with E-state index in [0.29, 0.717) is 12.6 Å². The normalized spacial score (nSPS) is 18.0. The zero-order chi connectivity index (χ0) is 10.7. The van der Waals surface area contributed by atoms with Crippen LogP contribution < -0.4 is 10.5 Å². The number of ether oxygens (including phenoxy) is 1. The molecule has 0 saturated heterocycles. The molecule has 0 aliphatic heterocycles. The molecule has 4 nitrogen and oxygen atoms in total. The molecule has 1 fully saturated rings. The molecule has 1 aromatic heterocycles. The van der Waals surface area contributed by atoms with Gasteiger partial charge in [-0.1, -0.05) is 19.3 Å². The second-order valence-electron chi connectivity index (χ2n) is 4.12. The van der Waals surface area contributed by atoms with Gasteiger partial charge in [0.1, 0.15) is 0 Å². The molecule has 0 spiro atoms. The monoisotopic (exact) mass is 209 g/mol. The van der Waals surface area contributed by atoms with Crippen LogP contribution in [-0.4, -0.2) is 16.9 Å². The van der Waals surface area contributed by atoms with E-state index < -0.39 is 0 Å². The highest BCUT2D eigenvalue weighted by Crippen LogP contribution is 2.32. The molecule has 0 radical (unpaired) electrons. The van der Waals surface area contributed by atoms with Crippen molar-refractivity contribution in [3.63, 3.8) is 0 Å². The Morgan fingerprint density at radius 2 is 2.20 bits per heavy atom. The molecule has 0 atom stereocenters. The summed E-state index contributed by atoms with van der Waals surface area (Å²) in [6.45, 7) is 0.496. The summed E-state index contributed by atoms with van der Waals surface area (Å²) in [5.41, 5.74) is 6.64. The third-order valence-electron chi connectivity index (χ3n) is 3.15. The van der Waals surface area contributed by atoms with Gasteiger partial charge in [-0.15, -0.1) is 0 Å². The molecule has 0 bridgehead atoms. The predicted octanol–water partition coefficient (Wildman–Crippen LogP) is 1.86. The van der Waals surface area contributed by atoms with Gasteiger partial charge in [0, 0.05) is 12.1 Å². The van der Waals surface area contributed by atoms with Gasteiger partial charge < -0.3 is 10.5 Å². The first-order chi connectivity index (χ1) is 7.36. The maximum Gasteiger partial charge on any atom is 0.216 e. The first kappa shape index (κ1) is 10.5. The molecule has 2 rings (SSSR count). The van der Waals surface area contributed by atoms with Gasteiger partial charge in [0.15, 0.2) is 0 Å². The van der Waals surface area contributed by atoms with E-state index >= 15 is 0 Å². The molecular formula is C11H19N3O. The van der Waals surface area contributed by atoms with Crippen LogP contribution in [0.4, 0.5) is 0 Å². The van der Waals surface area contributed by atoms with E-state index in [9.17, 15) is 0 Å². The first-order valence-corrected chi connectivity index (χ1v) is 5.67. The quantitative estimate of drug-likeness (QED) is 0.826. The Morgan fingerprint density at radius 1 is 1.47 bits per heavy atom. The van der Waals surface area contributed by atoms with Crippen molar-refractivity contribution in [2.24, 2.45) is 5.73 Å². The highest BCUT2D eigenvalue weighted by Gasteiger charge is 2.20. The Hall–Kier alpha value is -1.03. The molecule has 1 heterocycles. The average molecular weight is 209 g/mol. The molecule has 0 aromatic carbocycles. The molecule has 1 aromatic rings. The van der Waals surface area contributed by atoms with Gasteiger partial charge in [0.05, 0.1) is 19.3 Å². The number of methoxy groups -OCH3 is 1. The lowest BCUT2D eigenvalue weighted by Gasteiger charge is -2.23. The molecule has 4 heteroatoms. The minimum atomic E-state index is 0.496. The van der Waals surface area contributed by atoms with Crippen LogP contribution in [0.15, 0.2) is 6.20 Å². The number of nitrogens with zero attached hydrogens (tertiary/aromatic N) is 2. The Balaban J connectivity index is 2.22. The smallest absolute Gasteiger partial charge is 0.216 e. The lowest BCUT2D eigenvalue weighted by atomic mass is 9.96. The van der Waals surface area contributed by atoms with Crippen LogP contribution in [0.5, 0.6) is 5.88 Å². The lowest BCUT2D eigenvalue weighted by molar-refractivity contribution is 0.279. The summed E-state index contributed by atoms with van der Waals surface area (Å²) in [5, 5.41) is 4.39. The fourth-order valence-corrected chi connectivity index (χ4v) is 2.34. The summed E-state index contributed by atoms with van der Waals surface area (Å²) < 4.78 is 7.40. The Labute approximate surface area is 90.4 Å². The average Bonchev–Trinajstić information content (AvgIpc) is 2.72. The third kappa shape index (κ3) is 2.00. The van der Waals surface area contributed by atoms with E-state index in [1.165, 1.54) is 32.1 Å². The summed E-state index contributed by atoms with van der Waals surface area (Å²) >= 11 is 0. The van der Waals surface area contributed by atoms with E-state index in [2.05, 4.69) is 5.10 Å². The van der Waals surface area contributed by atoms with Crippen LogP contribution in [0, 0.1) is 0 Å². The van der Waals surface area contributed by atoms with Crippen molar-refractivity contribution in [1.82, 2.24) is 9.78 Å². The van der Waals surface area contributed by atoms with Crippen molar-refractivity contribution in [2.45, 2.75) is 44.7 Å². The Kier molecular flexibility index (Phi) is 3.26. The van der Waals surface area contributed by atoms with Crippen LogP contribution in [0.3, 0.4) is 0 Å². The lowest BCUT2D eigenvalue weighted by Crippen LogP contribution is -2.15. The number of aromatic nitrogens is 2. The summed E-state index contributed by atoms with van der Waals surface area (Å²) in [6.07, 6.45) is 8.19. The third-order valence-corrected chi connectivity index (χ3v) is 3.15. The number of hydrogen-bond acceptors (Lipinski definition) is 3. The van der Waals surface area contributed by atoms with Gasteiger partial charge in [0.2, 0.25) is 5.88 Å². The maximum absolute atomic E-state index is 5.64. The van der Waals surface area contributed by atoms with E-state index in [4.69, 9.17) is 10.5 Å². The predicted molar refractivity (Wildman–Crippen MR) is 58.8 cm³/mol. The van der Waals surface area contributed by atoms with E-state index in [0.717, 1.165) is 11.4 Å². The van der Waals surface area contributed by atoms with Crippen molar-refractivity contribution in [1.29, 1.82) is 0 Å². The number of hydrogen-bond donors (Lipinski definition) is 1. The fourth-order valence-electron chi connectivity index (χ4n) is 2.34. The van der Waals surface area contributed by atoms with Gasteiger partial charge in [-0.3, -0.25) is 0 Å². The molecule has 15 heavy (non-hydrogen) atoms. The minimum Gasteiger partial charge on any atom is -0.481 e. The summed E-state index contributed by atoms with van der Waals surface area (Å²) in [4.78, 5) is 0. The van der Waals surface area contributed by atoms with Gasteiger partial charge in [-0.25, -0.2) is 4.68 Å². The van der Waals surface area contributed by atoms with Crippen molar-refractivity contribution in [3.8, 4) is 5.88 Å². The van der Waals surface area contributed by atoms with Crippen LogP contribution >= 0.6 is 0 Å². The second-order valence-corrected chi connectivity index (χ2v) is 4.12. The van der Waals surface area contributed by atoms with Gasteiger partial charge in [-0.2, -0.15) is 5.10 Å². The summed E-state index contributed by atoms with van der Waals surface area (Å²) in [5.74, 6) is 0.851. The van der Waals surface area contributed by atoms with Crippen LogP contribution in [-0.2, 0) is 6.54 Å². The molecule has 0 amide bonds. The topological polar surface area (TPSA) is 53.1 Å². The van der Waals surface area contributed by atoms with Crippen LogP contribution in [0.1, 0.15) is 43.7 Å². The van der Waals surface area contributed by atoms with Crippen molar-refractivity contribution >= 4 is 0 Å². The van der Waals surface area contributed by atoms with Crippen molar-refractivity contribution in [2.75, 3.05) is 7.11 Å². The van der Waals surface area contributed by atoms with Gasteiger partial charge in [-0.05, 0) is 12.8 Å². The van der Waals surface area contributed by atoms with Crippen molar-refractivity contribution in [3.05, 3.63) is 11.8 Å². The van der Waals surface area contributed by atoms with Gasteiger partial charge >= 0.3 is 0 Å². The fraction of sp³-hybridized carbons (Fsp3) is 0.727. The molecule has 2 N–H and O–H groups in total. The summed E-state index contributed by atoms with van der Waals surface area (Å²) in [7, 11) is 1.69. The maximum atomic E-state index is 5.64. The molecule has 84 valence electrons. The first-order valence-electron chi connectivity index (χ1n) is 5.67. The second kappa shape index (κ2) is 4.66. The highest BCUT2D eigenvalue weighted by molar-refractivity contribution is 5.24. The molecule has 1 saturated carbocycles. The zero-order valence-corrected chi connectivity index (χ0v) is 9.28. The Morgan fingerprint density at radius 3 is 2.80 bits per heavy atom. The SMILES string of the molecule is COc1c(CN)cnn1C1CCCCC1. The molecule has 1 aliphatic rings. The molecular weight excluding hydrogens is 190 g/mol. The van der Waals surface area contributed by atoms with Crippen LogP contribution in [0.2, 0.25) is 0 Å². The van der Waals surface area contributed by atoms with E-state index in [1.807, 2.05) is 10.9 Å². The highest BCUT2D eigenvalue weighted by atomic mass is 16.5. The Bertz CT molecular complexity index is 316. The minimum absolute atomic E-state index is 0.496. The van der Waals surface area contributed by atoms with E-state index in [1.54, 1.807) is 7.11 Å². The number of rotatable bonds is 3. The number of nitrogens with two attached hydrogens (primary N) is 1. The summed E-state index contributed by atoms with van der Waals surface area (Å²) in [6, 6.07) is 0.508. The van der Waals surface area contributed by atoms with Crippen molar-refractivity contribution < 1.29 is 4.74 Å². The largest absolute Gasteiger partial charge is 0.481 e. The standard InChI is InChI=1S/C11H19N3O/c1-15-11-9(7-12)8-13-14(11)10-5-3-2-4-6-10/h8,10H,2-7,12H2,1H3. The van der Waals surface area contributed by atoms with Gasteiger partial charge in [0.25, 0.3) is 0 Å². The van der Waals surface area contributed by atoms with Crippen LogP contribution in [0.25, 0.3) is 0 Å². The zero-order valence-electron chi connectivity index (χ0n) is 9.28. The van der Waals surface area contributed by atoms with E-state index in [-0.39, 0.29) is 0 Å². The molecule has 0 unspecified atom stereocenters.